The van der Waals surface area contributed by atoms with Crippen molar-refractivity contribution < 1.29 is 9.26 Å². The number of rotatable bonds is 2. The normalized spacial score (nSPS) is 31.7. The third-order valence-electron chi connectivity index (χ3n) is 4.62. The van der Waals surface area contributed by atoms with Crippen LogP contribution in [0.3, 0.4) is 0 Å². The zero-order chi connectivity index (χ0) is 13.5. The predicted octanol–water partition coefficient (Wildman–Crippen LogP) is 2.33. The Morgan fingerprint density at radius 1 is 1.21 bits per heavy atom. The Morgan fingerprint density at radius 2 is 1.95 bits per heavy atom. The molecule has 1 aliphatic heterocycles. The van der Waals surface area contributed by atoms with Gasteiger partial charge in [0.05, 0.1) is 6.61 Å². The van der Waals surface area contributed by atoms with Crippen LogP contribution in [0.25, 0.3) is 0 Å². The fourth-order valence-electron chi connectivity index (χ4n) is 3.01. The summed E-state index contributed by atoms with van der Waals surface area (Å²) in [6.07, 6.45) is 5.48. The van der Waals surface area contributed by atoms with E-state index >= 15 is 0 Å². The van der Waals surface area contributed by atoms with Crippen molar-refractivity contribution in [2.24, 2.45) is 11.1 Å². The van der Waals surface area contributed by atoms with E-state index < -0.39 is 5.54 Å². The van der Waals surface area contributed by atoms with E-state index in [1.165, 1.54) is 12.8 Å². The highest BCUT2D eigenvalue weighted by molar-refractivity contribution is 5.07. The van der Waals surface area contributed by atoms with Gasteiger partial charge in [0.25, 0.3) is 0 Å². The van der Waals surface area contributed by atoms with Crippen LogP contribution < -0.4 is 5.73 Å². The van der Waals surface area contributed by atoms with Crippen molar-refractivity contribution in [3.05, 3.63) is 11.7 Å². The number of nitrogens with zero attached hydrogens (tertiary/aromatic N) is 2. The summed E-state index contributed by atoms with van der Waals surface area (Å²) in [5, 5.41) is 4.16. The van der Waals surface area contributed by atoms with Gasteiger partial charge in [-0.3, -0.25) is 0 Å². The molecule has 1 aromatic heterocycles. The summed E-state index contributed by atoms with van der Waals surface area (Å²) in [6, 6.07) is 0. The van der Waals surface area contributed by atoms with Crippen molar-refractivity contribution in [1.29, 1.82) is 0 Å². The molecular weight excluding hydrogens is 242 g/mol. The van der Waals surface area contributed by atoms with E-state index in [9.17, 15) is 0 Å². The summed E-state index contributed by atoms with van der Waals surface area (Å²) in [5.74, 6) is 1.81. The second-order valence-electron chi connectivity index (χ2n) is 6.85. The van der Waals surface area contributed by atoms with Crippen LogP contribution in [0, 0.1) is 5.41 Å². The molecule has 1 atom stereocenters. The second kappa shape index (κ2) is 4.56. The molecule has 5 heteroatoms. The first-order valence-corrected chi connectivity index (χ1v) is 7.19. The van der Waals surface area contributed by atoms with Gasteiger partial charge in [0.15, 0.2) is 5.82 Å². The minimum Gasteiger partial charge on any atom is -0.379 e. The fourth-order valence-corrected chi connectivity index (χ4v) is 3.01. The van der Waals surface area contributed by atoms with Crippen LogP contribution in [0.1, 0.15) is 63.6 Å². The molecule has 1 saturated heterocycles. The summed E-state index contributed by atoms with van der Waals surface area (Å²) in [7, 11) is 0. The largest absolute Gasteiger partial charge is 0.379 e. The van der Waals surface area contributed by atoms with Gasteiger partial charge in [0.1, 0.15) is 5.54 Å². The van der Waals surface area contributed by atoms with Crippen molar-refractivity contribution in [2.75, 3.05) is 13.2 Å². The molecule has 19 heavy (non-hydrogen) atoms. The smallest absolute Gasteiger partial charge is 0.249 e. The Morgan fingerprint density at radius 3 is 2.58 bits per heavy atom. The molecule has 3 rings (SSSR count). The standard InChI is InChI=1S/C14H23N3O2/c1-13(2)5-3-10(4-6-13)11-16-12(19-17-11)14(15)7-8-18-9-14/h10H,3-9,15H2,1-2H3. The van der Waals surface area contributed by atoms with Gasteiger partial charge in [0, 0.05) is 12.5 Å². The Bertz CT molecular complexity index is 439. The molecule has 0 bridgehead atoms. The van der Waals surface area contributed by atoms with E-state index in [2.05, 4.69) is 24.0 Å². The second-order valence-corrected chi connectivity index (χ2v) is 6.85. The Balaban J connectivity index is 1.72. The highest BCUT2D eigenvalue weighted by Gasteiger charge is 2.39. The maximum atomic E-state index is 6.25. The van der Waals surface area contributed by atoms with Crippen molar-refractivity contribution in [3.8, 4) is 0 Å². The number of hydrogen-bond donors (Lipinski definition) is 1. The van der Waals surface area contributed by atoms with Crippen LogP contribution >= 0.6 is 0 Å². The van der Waals surface area contributed by atoms with Crippen LogP contribution in [0.15, 0.2) is 4.52 Å². The molecule has 0 aromatic carbocycles. The molecule has 2 fully saturated rings. The zero-order valence-electron chi connectivity index (χ0n) is 11.8. The van der Waals surface area contributed by atoms with Gasteiger partial charge in [0.2, 0.25) is 5.89 Å². The van der Waals surface area contributed by atoms with Gasteiger partial charge in [-0.05, 0) is 37.5 Å². The lowest BCUT2D eigenvalue weighted by Crippen LogP contribution is -2.37. The molecule has 0 spiro atoms. The van der Waals surface area contributed by atoms with E-state index in [1.807, 2.05) is 0 Å². The van der Waals surface area contributed by atoms with Crippen LogP contribution in [-0.2, 0) is 10.3 Å². The highest BCUT2D eigenvalue weighted by atomic mass is 16.5. The molecule has 1 aliphatic carbocycles. The highest BCUT2D eigenvalue weighted by Crippen LogP contribution is 2.41. The molecule has 1 unspecified atom stereocenters. The average molecular weight is 265 g/mol. The first-order valence-electron chi connectivity index (χ1n) is 7.19. The molecule has 5 nitrogen and oxygen atoms in total. The lowest BCUT2D eigenvalue weighted by atomic mass is 9.73. The van der Waals surface area contributed by atoms with E-state index in [-0.39, 0.29) is 0 Å². The van der Waals surface area contributed by atoms with E-state index in [1.54, 1.807) is 0 Å². The van der Waals surface area contributed by atoms with E-state index in [4.69, 9.17) is 15.0 Å². The van der Waals surface area contributed by atoms with Crippen molar-refractivity contribution >= 4 is 0 Å². The van der Waals surface area contributed by atoms with Gasteiger partial charge in [-0.25, -0.2) is 0 Å². The number of nitrogens with two attached hydrogens (primary N) is 1. The molecule has 106 valence electrons. The number of ether oxygens (including phenoxy) is 1. The summed E-state index contributed by atoms with van der Waals surface area (Å²) >= 11 is 0. The molecule has 2 heterocycles. The first kappa shape index (κ1) is 13.1. The lowest BCUT2D eigenvalue weighted by Gasteiger charge is -2.32. The van der Waals surface area contributed by atoms with Gasteiger partial charge in [-0.2, -0.15) is 4.98 Å². The van der Waals surface area contributed by atoms with Crippen LogP contribution in [0.5, 0.6) is 0 Å². The molecule has 1 saturated carbocycles. The molecular formula is C14H23N3O2. The Labute approximate surface area is 113 Å². The van der Waals surface area contributed by atoms with Crippen LogP contribution in [0.4, 0.5) is 0 Å². The maximum absolute atomic E-state index is 6.25. The topological polar surface area (TPSA) is 74.2 Å². The molecule has 0 amide bonds. The molecule has 2 N–H and O–H groups in total. The predicted molar refractivity (Wildman–Crippen MR) is 70.6 cm³/mol. The van der Waals surface area contributed by atoms with Crippen molar-refractivity contribution in [3.63, 3.8) is 0 Å². The maximum Gasteiger partial charge on any atom is 0.249 e. The fraction of sp³-hybridized carbons (Fsp3) is 0.857. The molecule has 1 aromatic rings. The average Bonchev–Trinajstić information content (AvgIpc) is 2.98. The number of hydrogen-bond acceptors (Lipinski definition) is 5. The third kappa shape index (κ3) is 2.54. The summed E-state index contributed by atoms with van der Waals surface area (Å²) in [5.41, 5.74) is 6.13. The SMILES string of the molecule is CC1(C)CCC(c2noc(C3(N)CCOC3)n2)CC1. The van der Waals surface area contributed by atoms with Crippen LogP contribution in [0.2, 0.25) is 0 Å². The number of aromatic nitrogens is 2. The quantitative estimate of drug-likeness (QED) is 0.888. The third-order valence-corrected chi connectivity index (χ3v) is 4.62. The molecule has 0 radical (unpaired) electrons. The summed E-state index contributed by atoms with van der Waals surface area (Å²) < 4.78 is 10.7. The van der Waals surface area contributed by atoms with Crippen molar-refractivity contribution in [2.45, 2.75) is 57.4 Å². The molecule has 2 aliphatic rings. The van der Waals surface area contributed by atoms with Gasteiger partial charge < -0.3 is 15.0 Å². The Kier molecular flexibility index (Phi) is 3.14. The summed E-state index contributed by atoms with van der Waals surface area (Å²) in [6.45, 7) is 5.81. The van der Waals surface area contributed by atoms with Crippen LogP contribution in [-0.4, -0.2) is 23.4 Å². The zero-order valence-corrected chi connectivity index (χ0v) is 11.8. The minimum absolute atomic E-state index is 0.427. The minimum atomic E-state index is -0.570. The first-order chi connectivity index (χ1) is 8.99. The summed E-state index contributed by atoms with van der Waals surface area (Å²) in [4.78, 5) is 4.55. The van der Waals surface area contributed by atoms with Gasteiger partial charge in [-0.15, -0.1) is 0 Å². The van der Waals surface area contributed by atoms with Gasteiger partial charge in [-0.1, -0.05) is 19.0 Å². The lowest BCUT2D eigenvalue weighted by molar-refractivity contribution is 0.165. The van der Waals surface area contributed by atoms with Gasteiger partial charge >= 0.3 is 0 Å². The van der Waals surface area contributed by atoms with Crippen molar-refractivity contribution in [1.82, 2.24) is 10.1 Å². The van der Waals surface area contributed by atoms with E-state index in [0.29, 0.717) is 30.4 Å². The monoisotopic (exact) mass is 265 g/mol. The Hall–Kier alpha value is -0.940. The van der Waals surface area contributed by atoms with E-state index in [0.717, 1.165) is 25.1 Å².